The van der Waals surface area contributed by atoms with Gasteiger partial charge in [-0.2, -0.15) is 4.31 Å². The largest absolute Gasteiger partial charge is 0.352 e. The van der Waals surface area contributed by atoms with Crippen LogP contribution in [0.4, 0.5) is 0 Å². The van der Waals surface area contributed by atoms with Crippen LogP contribution in [0, 0.1) is 27.7 Å². The molecule has 2 fully saturated rings. The summed E-state index contributed by atoms with van der Waals surface area (Å²) in [6, 6.07) is 2.37. The number of sulfonamides is 1. The number of hydrogen-bond acceptors (Lipinski definition) is 4. The first-order chi connectivity index (χ1) is 13.2. The fraction of sp³-hybridized carbons (Fsp3) is 0.667. The fourth-order valence-electron chi connectivity index (χ4n) is 4.37. The predicted octanol–water partition coefficient (Wildman–Crippen LogP) is 2.29. The highest BCUT2D eigenvalue weighted by Gasteiger charge is 2.32. The number of carbonyl (C=O) groups excluding carboxylic acids is 1. The number of nitrogens with one attached hydrogen (secondary N) is 1. The Morgan fingerprint density at radius 1 is 1.00 bits per heavy atom. The zero-order chi connectivity index (χ0) is 20.5. The molecule has 1 aromatic rings. The molecule has 6 nitrogen and oxygen atoms in total. The molecule has 3 rings (SSSR count). The molecule has 0 unspecified atom stereocenters. The number of carbonyl (C=O) groups is 1. The second kappa shape index (κ2) is 8.51. The van der Waals surface area contributed by atoms with Gasteiger partial charge in [-0.25, -0.2) is 8.42 Å². The molecule has 0 bridgehead atoms. The highest BCUT2D eigenvalue weighted by Crippen LogP contribution is 2.29. The van der Waals surface area contributed by atoms with E-state index in [9.17, 15) is 13.2 Å². The average molecular weight is 408 g/mol. The smallest absolute Gasteiger partial charge is 0.243 e. The van der Waals surface area contributed by atoms with Crippen LogP contribution in [0.25, 0.3) is 0 Å². The lowest BCUT2D eigenvalue weighted by Crippen LogP contribution is -2.51. The van der Waals surface area contributed by atoms with Crippen LogP contribution in [-0.2, 0) is 14.8 Å². The highest BCUT2D eigenvalue weighted by molar-refractivity contribution is 7.89. The maximum atomic E-state index is 13.3. The van der Waals surface area contributed by atoms with Crippen molar-refractivity contribution < 1.29 is 13.2 Å². The van der Waals surface area contributed by atoms with Gasteiger partial charge in [0.05, 0.1) is 11.4 Å². The van der Waals surface area contributed by atoms with Crippen LogP contribution in [0.3, 0.4) is 0 Å². The predicted molar refractivity (Wildman–Crippen MR) is 111 cm³/mol. The summed E-state index contributed by atoms with van der Waals surface area (Å²) in [6.07, 6.45) is 4.54. The van der Waals surface area contributed by atoms with Gasteiger partial charge in [0, 0.05) is 32.2 Å². The van der Waals surface area contributed by atoms with Gasteiger partial charge >= 0.3 is 0 Å². The van der Waals surface area contributed by atoms with Crippen LogP contribution in [0.5, 0.6) is 0 Å². The molecule has 1 aliphatic carbocycles. The van der Waals surface area contributed by atoms with Crippen molar-refractivity contribution in [3.8, 4) is 0 Å². The lowest BCUT2D eigenvalue weighted by molar-refractivity contribution is -0.123. The Morgan fingerprint density at radius 3 is 2.07 bits per heavy atom. The van der Waals surface area contributed by atoms with Crippen LogP contribution >= 0.6 is 0 Å². The van der Waals surface area contributed by atoms with Gasteiger partial charge in [0.25, 0.3) is 0 Å². The standard InChI is InChI=1S/C21H33N3O3S/c1-15-13-16(2)18(4)21(17(15)3)28(26,27)24-11-9-23(10-12-24)14-20(25)22-19-7-5-6-8-19/h13,19H,5-12,14H2,1-4H3,(H,22,25). The van der Waals surface area contributed by atoms with Crippen molar-refractivity contribution in [3.63, 3.8) is 0 Å². The highest BCUT2D eigenvalue weighted by atomic mass is 32.2. The molecular weight excluding hydrogens is 374 g/mol. The molecule has 28 heavy (non-hydrogen) atoms. The van der Waals surface area contributed by atoms with Gasteiger partial charge in [0.15, 0.2) is 0 Å². The Labute approximate surface area is 169 Å². The van der Waals surface area contributed by atoms with E-state index in [4.69, 9.17) is 0 Å². The molecule has 0 aromatic heterocycles. The van der Waals surface area contributed by atoms with Gasteiger partial charge in [-0.15, -0.1) is 0 Å². The minimum absolute atomic E-state index is 0.0594. The van der Waals surface area contributed by atoms with E-state index in [1.807, 2.05) is 33.8 Å². The van der Waals surface area contributed by atoms with Crippen molar-refractivity contribution in [1.82, 2.24) is 14.5 Å². The quantitative estimate of drug-likeness (QED) is 0.813. The Bertz CT molecular complexity index is 811. The molecule has 0 spiro atoms. The molecule has 1 amide bonds. The second-order valence-corrected chi connectivity index (χ2v) is 10.2. The number of nitrogens with zero attached hydrogens (tertiary/aromatic N) is 2. The zero-order valence-electron chi connectivity index (χ0n) is 17.5. The zero-order valence-corrected chi connectivity index (χ0v) is 18.4. The average Bonchev–Trinajstić information content (AvgIpc) is 3.13. The maximum Gasteiger partial charge on any atom is 0.243 e. The van der Waals surface area contributed by atoms with Gasteiger partial charge in [0.2, 0.25) is 15.9 Å². The molecule has 1 aliphatic heterocycles. The van der Waals surface area contributed by atoms with E-state index in [-0.39, 0.29) is 5.91 Å². The van der Waals surface area contributed by atoms with E-state index in [0.717, 1.165) is 35.1 Å². The summed E-state index contributed by atoms with van der Waals surface area (Å²) in [4.78, 5) is 14.8. The number of benzene rings is 1. The first-order valence-electron chi connectivity index (χ1n) is 10.3. The number of amides is 1. The Kier molecular flexibility index (Phi) is 6.47. The van der Waals surface area contributed by atoms with Crippen molar-refractivity contribution in [2.75, 3.05) is 32.7 Å². The van der Waals surface area contributed by atoms with Gasteiger partial charge < -0.3 is 5.32 Å². The summed E-state index contributed by atoms with van der Waals surface area (Å²) < 4.78 is 28.2. The Morgan fingerprint density at radius 2 is 1.54 bits per heavy atom. The van der Waals surface area contributed by atoms with Crippen molar-refractivity contribution in [1.29, 1.82) is 0 Å². The number of hydrogen-bond donors (Lipinski definition) is 1. The first-order valence-corrected chi connectivity index (χ1v) is 11.7. The van der Waals surface area contributed by atoms with E-state index >= 15 is 0 Å². The lowest BCUT2D eigenvalue weighted by Gasteiger charge is -2.34. The second-order valence-electron chi connectivity index (χ2n) is 8.32. The van der Waals surface area contributed by atoms with Crippen LogP contribution in [0.1, 0.15) is 47.9 Å². The van der Waals surface area contributed by atoms with Gasteiger partial charge in [-0.1, -0.05) is 18.9 Å². The SMILES string of the molecule is Cc1cc(C)c(C)c(S(=O)(=O)N2CCN(CC(=O)NC3CCCC3)CC2)c1C. The van der Waals surface area contributed by atoms with Crippen LogP contribution in [-0.4, -0.2) is 62.3 Å². The molecule has 7 heteroatoms. The number of aryl methyl sites for hydroxylation is 2. The van der Waals surface area contributed by atoms with Crippen LogP contribution in [0.15, 0.2) is 11.0 Å². The molecule has 1 N–H and O–H groups in total. The molecule has 1 aromatic carbocycles. The maximum absolute atomic E-state index is 13.3. The third-order valence-electron chi connectivity index (χ3n) is 6.31. The monoisotopic (exact) mass is 407 g/mol. The molecule has 0 radical (unpaired) electrons. The third kappa shape index (κ3) is 4.42. The molecule has 0 atom stereocenters. The van der Waals surface area contributed by atoms with Crippen molar-refractivity contribution >= 4 is 15.9 Å². The van der Waals surface area contributed by atoms with Crippen LogP contribution < -0.4 is 5.32 Å². The summed E-state index contributed by atoms with van der Waals surface area (Å²) in [6.45, 7) is 10.1. The Balaban J connectivity index is 1.63. The van der Waals surface area contributed by atoms with Gasteiger partial charge in [0.1, 0.15) is 0 Å². The normalized spacial score (nSPS) is 19.9. The van der Waals surface area contributed by atoms with Crippen LogP contribution in [0.2, 0.25) is 0 Å². The third-order valence-corrected chi connectivity index (χ3v) is 8.49. The molecule has 1 saturated carbocycles. The van der Waals surface area contributed by atoms with Crippen molar-refractivity contribution in [3.05, 3.63) is 28.3 Å². The van der Waals surface area contributed by atoms with E-state index in [2.05, 4.69) is 10.2 Å². The molecule has 1 saturated heterocycles. The van der Waals surface area contributed by atoms with Gasteiger partial charge in [-0.3, -0.25) is 9.69 Å². The van der Waals surface area contributed by atoms with Crippen molar-refractivity contribution in [2.45, 2.75) is 64.3 Å². The lowest BCUT2D eigenvalue weighted by atomic mass is 10.0. The van der Waals surface area contributed by atoms with E-state index in [0.29, 0.717) is 43.7 Å². The number of piperazine rings is 1. The van der Waals surface area contributed by atoms with E-state index < -0.39 is 10.0 Å². The fourth-order valence-corrected chi connectivity index (χ4v) is 6.37. The minimum Gasteiger partial charge on any atom is -0.352 e. The Hall–Kier alpha value is -1.44. The molecule has 1 heterocycles. The summed E-state index contributed by atoms with van der Waals surface area (Å²) >= 11 is 0. The topological polar surface area (TPSA) is 69.7 Å². The van der Waals surface area contributed by atoms with Crippen molar-refractivity contribution in [2.24, 2.45) is 0 Å². The summed E-state index contributed by atoms with van der Waals surface area (Å²) in [5.41, 5.74) is 3.68. The summed E-state index contributed by atoms with van der Waals surface area (Å²) in [5.74, 6) is 0.0594. The van der Waals surface area contributed by atoms with E-state index in [1.54, 1.807) is 4.31 Å². The summed E-state index contributed by atoms with van der Waals surface area (Å²) in [7, 11) is -3.53. The summed E-state index contributed by atoms with van der Waals surface area (Å²) in [5, 5.41) is 3.11. The van der Waals surface area contributed by atoms with Gasteiger partial charge in [-0.05, 0) is 62.8 Å². The first kappa shape index (κ1) is 21.3. The number of rotatable bonds is 5. The van der Waals surface area contributed by atoms with E-state index in [1.165, 1.54) is 12.8 Å². The molecular formula is C21H33N3O3S. The molecule has 2 aliphatic rings. The minimum atomic E-state index is -3.53. The molecule has 156 valence electrons.